The summed E-state index contributed by atoms with van der Waals surface area (Å²) in [6.45, 7) is 11.1. The van der Waals surface area contributed by atoms with Gasteiger partial charge in [0.05, 0.1) is 4.90 Å². The Morgan fingerprint density at radius 2 is 1.52 bits per heavy atom. The first kappa shape index (κ1) is 20.4. The van der Waals surface area contributed by atoms with Crippen molar-refractivity contribution < 1.29 is 8.42 Å². The molecule has 1 aromatic carbocycles. The molecule has 0 fully saturated rings. The predicted molar refractivity (Wildman–Crippen MR) is 91.0 cm³/mol. The summed E-state index contributed by atoms with van der Waals surface area (Å²) >= 11 is 0. The zero-order chi connectivity index (χ0) is 15.6. The van der Waals surface area contributed by atoms with Gasteiger partial charge in [-0.3, -0.25) is 0 Å². The summed E-state index contributed by atoms with van der Waals surface area (Å²) in [6.07, 6.45) is 0. The van der Waals surface area contributed by atoms with E-state index in [1.54, 1.807) is 7.05 Å². The molecule has 0 bridgehead atoms. The molecule has 0 radical (unpaired) electrons. The number of aryl methyl sites for hydroxylation is 2. The maximum Gasteiger partial charge on any atom is 0.241 e. The highest BCUT2D eigenvalue weighted by molar-refractivity contribution is 7.89. The lowest BCUT2D eigenvalue weighted by molar-refractivity contribution is 0.574. The molecule has 0 aliphatic heterocycles. The monoisotopic (exact) mass is 334 g/mol. The first-order valence-electron chi connectivity index (χ1n) is 6.85. The minimum absolute atomic E-state index is 0. The molecule has 1 aromatic rings. The largest absolute Gasteiger partial charge is 0.318 e. The van der Waals surface area contributed by atoms with Crippen molar-refractivity contribution in [2.24, 2.45) is 0 Å². The van der Waals surface area contributed by atoms with Gasteiger partial charge in [0.15, 0.2) is 0 Å². The van der Waals surface area contributed by atoms with Crippen LogP contribution in [0.4, 0.5) is 0 Å². The van der Waals surface area contributed by atoms with E-state index in [1.807, 2.05) is 26.0 Å². The number of halogens is 1. The molecule has 0 amide bonds. The van der Waals surface area contributed by atoms with Crippen molar-refractivity contribution in [1.82, 2.24) is 10.0 Å². The first-order valence-corrected chi connectivity index (χ1v) is 8.34. The van der Waals surface area contributed by atoms with E-state index < -0.39 is 10.0 Å². The molecule has 0 atom stereocenters. The van der Waals surface area contributed by atoms with Crippen LogP contribution in [0.1, 0.15) is 37.5 Å². The number of hydrogen-bond acceptors (Lipinski definition) is 3. The van der Waals surface area contributed by atoms with Gasteiger partial charge in [0.1, 0.15) is 0 Å². The van der Waals surface area contributed by atoms with Gasteiger partial charge in [0.2, 0.25) is 10.0 Å². The number of sulfonamides is 1. The van der Waals surface area contributed by atoms with Crippen molar-refractivity contribution in [2.45, 2.75) is 44.9 Å². The number of hydrogen-bond donors (Lipinski definition) is 2. The van der Waals surface area contributed by atoms with Crippen molar-refractivity contribution in [3.8, 4) is 0 Å². The Labute approximate surface area is 135 Å². The van der Waals surface area contributed by atoms with Crippen LogP contribution in [0.3, 0.4) is 0 Å². The van der Waals surface area contributed by atoms with E-state index in [1.165, 1.54) is 0 Å². The SMILES string of the molecule is CNCCNS(=O)(=O)c1c(C)cc(C(C)(C)C)cc1C.Cl. The van der Waals surface area contributed by atoms with Crippen molar-refractivity contribution in [3.63, 3.8) is 0 Å². The second kappa shape index (κ2) is 7.58. The van der Waals surface area contributed by atoms with Crippen molar-refractivity contribution in [3.05, 3.63) is 28.8 Å². The summed E-state index contributed by atoms with van der Waals surface area (Å²) < 4.78 is 27.4. The van der Waals surface area contributed by atoms with Crippen LogP contribution in [0.25, 0.3) is 0 Å². The molecule has 4 nitrogen and oxygen atoms in total. The van der Waals surface area contributed by atoms with E-state index in [-0.39, 0.29) is 17.8 Å². The minimum atomic E-state index is -3.45. The lowest BCUT2D eigenvalue weighted by Gasteiger charge is -2.22. The van der Waals surface area contributed by atoms with Crippen LogP contribution in [-0.4, -0.2) is 28.6 Å². The zero-order valence-electron chi connectivity index (χ0n) is 13.7. The molecule has 122 valence electrons. The van der Waals surface area contributed by atoms with Crippen LogP contribution in [0.15, 0.2) is 17.0 Å². The molecule has 0 spiro atoms. The summed E-state index contributed by atoms with van der Waals surface area (Å²) in [5.74, 6) is 0. The Balaban J connectivity index is 0.00000400. The van der Waals surface area contributed by atoms with Crippen LogP contribution in [-0.2, 0) is 15.4 Å². The van der Waals surface area contributed by atoms with E-state index in [4.69, 9.17) is 0 Å². The number of nitrogens with one attached hydrogen (secondary N) is 2. The van der Waals surface area contributed by atoms with E-state index in [2.05, 4.69) is 30.8 Å². The Morgan fingerprint density at radius 3 is 1.90 bits per heavy atom. The van der Waals surface area contributed by atoms with Crippen LogP contribution < -0.4 is 10.0 Å². The number of likely N-dealkylation sites (N-methyl/N-ethyl adjacent to an activating group) is 1. The summed E-state index contributed by atoms with van der Waals surface area (Å²) in [7, 11) is -1.65. The average molecular weight is 335 g/mol. The van der Waals surface area contributed by atoms with Crippen molar-refractivity contribution in [1.29, 1.82) is 0 Å². The van der Waals surface area contributed by atoms with Gasteiger partial charge in [-0.25, -0.2) is 13.1 Å². The molecule has 1 rings (SSSR count). The van der Waals surface area contributed by atoms with Crippen LogP contribution in [0.2, 0.25) is 0 Å². The summed E-state index contributed by atoms with van der Waals surface area (Å²) in [4.78, 5) is 0.404. The Hall–Kier alpha value is -0.620. The third-order valence-corrected chi connectivity index (χ3v) is 5.03. The van der Waals surface area contributed by atoms with Crippen molar-refractivity contribution in [2.75, 3.05) is 20.1 Å². The Bertz CT molecular complexity index is 555. The predicted octanol–water partition coefficient (Wildman–Crippen LogP) is 2.52. The third-order valence-electron chi connectivity index (χ3n) is 3.26. The molecule has 0 heterocycles. The molecule has 0 unspecified atom stereocenters. The fourth-order valence-corrected chi connectivity index (χ4v) is 3.67. The van der Waals surface area contributed by atoms with Crippen LogP contribution in [0, 0.1) is 13.8 Å². The lowest BCUT2D eigenvalue weighted by atomic mass is 9.85. The Kier molecular flexibility index (Phi) is 7.36. The molecule has 0 saturated carbocycles. The number of benzene rings is 1. The van der Waals surface area contributed by atoms with Gasteiger partial charge >= 0.3 is 0 Å². The maximum absolute atomic E-state index is 12.4. The Morgan fingerprint density at radius 1 is 1.05 bits per heavy atom. The van der Waals surface area contributed by atoms with Gasteiger partial charge in [0, 0.05) is 13.1 Å². The third kappa shape index (κ3) is 5.25. The van der Waals surface area contributed by atoms with Gasteiger partial charge in [-0.15, -0.1) is 12.4 Å². The van der Waals surface area contributed by atoms with Crippen molar-refractivity contribution >= 4 is 22.4 Å². The smallest absolute Gasteiger partial charge is 0.241 e. The van der Waals surface area contributed by atoms with E-state index in [0.29, 0.717) is 18.0 Å². The fourth-order valence-electron chi connectivity index (χ4n) is 2.19. The quantitative estimate of drug-likeness (QED) is 0.813. The highest BCUT2D eigenvalue weighted by Gasteiger charge is 2.22. The van der Waals surface area contributed by atoms with Gasteiger partial charge < -0.3 is 5.32 Å². The van der Waals surface area contributed by atoms with Gasteiger partial charge in [-0.2, -0.15) is 0 Å². The first-order chi connectivity index (χ1) is 9.09. The fraction of sp³-hybridized carbons (Fsp3) is 0.600. The molecule has 0 aromatic heterocycles. The molecule has 6 heteroatoms. The van der Waals surface area contributed by atoms with Gasteiger partial charge in [-0.1, -0.05) is 32.9 Å². The lowest BCUT2D eigenvalue weighted by Crippen LogP contribution is -2.31. The molecule has 0 aliphatic carbocycles. The number of rotatable bonds is 5. The van der Waals surface area contributed by atoms with E-state index >= 15 is 0 Å². The van der Waals surface area contributed by atoms with E-state index in [9.17, 15) is 8.42 Å². The summed E-state index contributed by atoms with van der Waals surface area (Å²) in [6, 6.07) is 3.94. The molecule has 21 heavy (non-hydrogen) atoms. The second-order valence-corrected chi connectivity index (χ2v) is 7.89. The normalized spacial score (nSPS) is 12.1. The van der Waals surface area contributed by atoms with Gasteiger partial charge in [0.25, 0.3) is 0 Å². The summed E-state index contributed by atoms with van der Waals surface area (Å²) in [5, 5.41) is 2.92. The van der Waals surface area contributed by atoms with Gasteiger partial charge in [-0.05, 0) is 43.0 Å². The molecular formula is C15H27ClN2O2S. The average Bonchev–Trinajstić information content (AvgIpc) is 2.26. The van der Waals surface area contributed by atoms with Crippen LogP contribution in [0.5, 0.6) is 0 Å². The maximum atomic E-state index is 12.4. The molecule has 0 saturated heterocycles. The van der Waals surface area contributed by atoms with E-state index in [0.717, 1.165) is 16.7 Å². The summed E-state index contributed by atoms with van der Waals surface area (Å²) in [5.41, 5.74) is 2.76. The molecular weight excluding hydrogens is 308 g/mol. The standard InChI is InChI=1S/C15H26N2O2S.ClH/c1-11-9-13(15(3,4)5)10-12(2)14(11)20(18,19)17-8-7-16-6;/h9-10,16-17H,7-8H2,1-6H3;1H. The molecule has 0 aliphatic rings. The topological polar surface area (TPSA) is 58.2 Å². The highest BCUT2D eigenvalue weighted by atomic mass is 35.5. The molecule has 2 N–H and O–H groups in total. The van der Waals surface area contributed by atoms with Crippen LogP contribution >= 0.6 is 12.4 Å². The minimum Gasteiger partial charge on any atom is -0.318 e. The second-order valence-electron chi connectivity index (χ2n) is 6.19. The highest BCUT2D eigenvalue weighted by Crippen LogP contribution is 2.28. The zero-order valence-corrected chi connectivity index (χ0v) is 15.3.